The highest BCUT2D eigenvalue weighted by Gasteiger charge is 2.22. The highest BCUT2D eigenvalue weighted by Crippen LogP contribution is 2.21. The van der Waals surface area contributed by atoms with E-state index in [2.05, 4.69) is 16.7 Å². The molecular formula is C19H25N3O2. The molecule has 3 rings (SSSR count). The van der Waals surface area contributed by atoms with Crippen LogP contribution in [0.15, 0.2) is 30.5 Å². The van der Waals surface area contributed by atoms with E-state index in [4.69, 9.17) is 0 Å². The summed E-state index contributed by atoms with van der Waals surface area (Å²) in [7, 11) is 2.01. The standard InChI is InChI=1S/C19H25N3O2/c1-3-18(23)21-9-6-10-22(12-11-21)19(24)13-15-14-20(2)17-8-5-4-7-16(15)17/h4-5,7-8,14H,3,6,9-13H2,1-2H3. The summed E-state index contributed by atoms with van der Waals surface area (Å²) >= 11 is 0. The van der Waals surface area contributed by atoms with Crippen LogP contribution in [0.4, 0.5) is 0 Å². The maximum atomic E-state index is 12.7. The van der Waals surface area contributed by atoms with Crippen LogP contribution in [0, 0.1) is 0 Å². The number of carbonyl (C=O) groups is 2. The Bertz CT molecular complexity index is 750. The number of benzene rings is 1. The van der Waals surface area contributed by atoms with E-state index in [1.807, 2.05) is 42.1 Å². The third-order valence-corrected chi connectivity index (χ3v) is 4.82. The fourth-order valence-corrected chi connectivity index (χ4v) is 3.48. The number of para-hydroxylation sites is 1. The average molecular weight is 327 g/mol. The summed E-state index contributed by atoms with van der Waals surface area (Å²) in [6.45, 7) is 4.65. The van der Waals surface area contributed by atoms with Crippen molar-refractivity contribution in [1.82, 2.24) is 14.4 Å². The van der Waals surface area contributed by atoms with E-state index in [9.17, 15) is 9.59 Å². The number of amides is 2. The minimum absolute atomic E-state index is 0.150. The van der Waals surface area contributed by atoms with Crippen molar-refractivity contribution in [3.8, 4) is 0 Å². The maximum absolute atomic E-state index is 12.7. The molecule has 2 aromatic rings. The van der Waals surface area contributed by atoms with Crippen LogP contribution in [0.2, 0.25) is 0 Å². The van der Waals surface area contributed by atoms with Gasteiger partial charge in [-0.25, -0.2) is 0 Å². The Morgan fingerprint density at radius 3 is 2.38 bits per heavy atom. The van der Waals surface area contributed by atoms with Crippen LogP contribution in [0.3, 0.4) is 0 Å². The molecule has 24 heavy (non-hydrogen) atoms. The molecule has 0 spiro atoms. The van der Waals surface area contributed by atoms with Gasteiger partial charge in [0.2, 0.25) is 11.8 Å². The van der Waals surface area contributed by atoms with Crippen LogP contribution < -0.4 is 0 Å². The summed E-state index contributed by atoms with van der Waals surface area (Å²) in [6, 6.07) is 8.17. The molecular weight excluding hydrogens is 302 g/mol. The minimum Gasteiger partial charge on any atom is -0.350 e. The zero-order valence-corrected chi connectivity index (χ0v) is 14.5. The fourth-order valence-electron chi connectivity index (χ4n) is 3.48. The molecule has 1 fully saturated rings. The van der Waals surface area contributed by atoms with E-state index in [1.165, 1.54) is 0 Å². The lowest BCUT2D eigenvalue weighted by atomic mass is 10.1. The first kappa shape index (κ1) is 16.6. The number of aryl methyl sites for hydroxylation is 1. The van der Waals surface area contributed by atoms with Crippen molar-refractivity contribution in [3.05, 3.63) is 36.0 Å². The molecule has 1 aliphatic rings. The predicted molar refractivity (Wildman–Crippen MR) is 94.7 cm³/mol. The van der Waals surface area contributed by atoms with Gasteiger partial charge in [-0.3, -0.25) is 9.59 Å². The molecule has 0 aliphatic carbocycles. The van der Waals surface area contributed by atoms with Crippen LogP contribution in [-0.4, -0.2) is 52.4 Å². The third-order valence-electron chi connectivity index (χ3n) is 4.82. The smallest absolute Gasteiger partial charge is 0.227 e. The number of hydrogen-bond acceptors (Lipinski definition) is 2. The SMILES string of the molecule is CCC(=O)N1CCCN(C(=O)Cc2cn(C)c3ccccc23)CC1. The summed E-state index contributed by atoms with van der Waals surface area (Å²) in [5, 5.41) is 1.14. The van der Waals surface area contributed by atoms with E-state index in [1.54, 1.807) is 0 Å². The van der Waals surface area contributed by atoms with Gasteiger partial charge in [0.1, 0.15) is 0 Å². The van der Waals surface area contributed by atoms with Gasteiger partial charge >= 0.3 is 0 Å². The van der Waals surface area contributed by atoms with Gasteiger partial charge in [0, 0.05) is 56.7 Å². The maximum Gasteiger partial charge on any atom is 0.227 e. The molecule has 2 heterocycles. The van der Waals surface area contributed by atoms with Crippen LogP contribution in [0.1, 0.15) is 25.3 Å². The Labute approximate surface area is 142 Å². The van der Waals surface area contributed by atoms with E-state index < -0.39 is 0 Å². The van der Waals surface area contributed by atoms with Gasteiger partial charge in [-0.2, -0.15) is 0 Å². The van der Waals surface area contributed by atoms with Crippen LogP contribution in [0.5, 0.6) is 0 Å². The van der Waals surface area contributed by atoms with Crippen molar-refractivity contribution in [2.45, 2.75) is 26.2 Å². The number of carbonyl (C=O) groups excluding carboxylic acids is 2. The second-order valence-corrected chi connectivity index (χ2v) is 6.43. The molecule has 5 nitrogen and oxygen atoms in total. The molecule has 0 saturated carbocycles. The first-order chi connectivity index (χ1) is 11.6. The van der Waals surface area contributed by atoms with E-state index in [-0.39, 0.29) is 11.8 Å². The molecule has 0 bridgehead atoms. The second kappa shape index (κ2) is 7.07. The molecule has 0 N–H and O–H groups in total. The predicted octanol–water partition coefficient (Wildman–Crippen LogP) is 2.19. The summed E-state index contributed by atoms with van der Waals surface area (Å²) in [5.74, 6) is 0.329. The Balaban J connectivity index is 1.69. The summed E-state index contributed by atoms with van der Waals surface area (Å²) < 4.78 is 2.07. The Kier molecular flexibility index (Phi) is 4.88. The molecule has 5 heteroatoms. The molecule has 0 unspecified atom stereocenters. The number of fused-ring (bicyclic) bond motifs is 1. The highest BCUT2D eigenvalue weighted by molar-refractivity contribution is 5.89. The number of rotatable bonds is 3. The molecule has 0 radical (unpaired) electrons. The van der Waals surface area contributed by atoms with Crippen molar-refractivity contribution in [2.24, 2.45) is 7.05 Å². The molecule has 1 aromatic heterocycles. The van der Waals surface area contributed by atoms with Gasteiger partial charge in [-0.1, -0.05) is 25.1 Å². The Morgan fingerprint density at radius 2 is 1.67 bits per heavy atom. The lowest BCUT2D eigenvalue weighted by Gasteiger charge is -2.22. The Morgan fingerprint density at radius 1 is 1.00 bits per heavy atom. The van der Waals surface area contributed by atoms with E-state index in [0.29, 0.717) is 25.9 Å². The molecule has 128 valence electrons. The molecule has 2 amide bonds. The van der Waals surface area contributed by atoms with Crippen LogP contribution in [0.25, 0.3) is 10.9 Å². The quantitative estimate of drug-likeness (QED) is 0.867. The monoisotopic (exact) mass is 327 g/mol. The average Bonchev–Trinajstić information content (AvgIpc) is 2.79. The van der Waals surface area contributed by atoms with Gasteiger partial charge in [0.25, 0.3) is 0 Å². The molecule has 0 atom stereocenters. The summed E-state index contributed by atoms with van der Waals surface area (Å²) in [4.78, 5) is 28.4. The molecule has 1 saturated heterocycles. The van der Waals surface area contributed by atoms with Crippen molar-refractivity contribution >= 4 is 22.7 Å². The lowest BCUT2D eigenvalue weighted by Crippen LogP contribution is -2.37. The molecule has 1 aliphatic heterocycles. The highest BCUT2D eigenvalue weighted by atomic mass is 16.2. The lowest BCUT2D eigenvalue weighted by molar-refractivity contribution is -0.133. The normalized spacial score (nSPS) is 15.6. The minimum atomic E-state index is 0.150. The Hall–Kier alpha value is -2.30. The second-order valence-electron chi connectivity index (χ2n) is 6.43. The summed E-state index contributed by atoms with van der Waals surface area (Å²) in [6.07, 6.45) is 3.85. The number of hydrogen-bond donors (Lipinski definition) is 0. The number of aromatic nitrogens is 1. The van der Waals surface area contributed by atoms with Gasteiger partial charge in [0.05, 0.1) is 6.42 Å². The van der Waals surface area contributed by atoms with Gasteiger partial charge in [0.15, 0.2) is 0 Å². The van der Waals surface area contributed by atoms with Crippen molar-refractivity contribution < 1.29 is 9.59 Å². The first-order valence-corrected chi connectivity index (χ1v) is 8.68. The van der Waals surface area contributed by atoms with E-state index in [0.717, 1.165) is 36.0 Å². The largest absolute Gasteiger partial charge is 0.350 e. The van der Waals surface area contributed by atoms with Gasteiger partial charge in [-0.15, -0.1) is 0 Å². The van der Waals surface area contributed by atoms with Crippen molar-refractivity contribution in [3.63, 3.8) is 0 Å². The fraction of sp³-hybridized carbons (Fsp3) is 0.474. The number of nitrogens with zero attached hydrogens (tertiary/aromatic N) is 3. The van der Waals surface area contributed by atoms with Crippen molar-refractivity contribution in [1.29, 1.82) is 0 Å². The third kappa shape index (κ3) is 3.30. The van der Waals surface area contributed by atoms with Gasteiger partial charge < -0.3 is 14.4 Å². The summed E-state index contributed by atoms with van der Waals surface area (Å²) in [5.41, 5.74) is 2.22. The molecule has 1 aromatic carbocycles. The van der Waals surface area contributed by atoms with Crippen LogP contribution >= 0.6 is 0 Å². The van der Waals surface area contributed by atoms with Crippen molar-refractivity contribution in [2.75, 3.05) is 26.2 Å². The van der Waals surface area contributed by atoms with Gasteiger partial charge in [-0.05, 0) is 18.1 Å². The zero-order chi connectivity index (χ0) is 17.1. The van der Waals surface area contributed by atoms with Crippen LogP contribution in [-0.2, 0) is 23.1 Å². The zero-order valence-electron chi connectivity index (χ0n) is 14.5. The first-order valence-electron chi connectivity index (χ1n) is 8.68. The van der Waals surface area contributed by atoms with E-state index >= 15 is 0 Å². The topological polar surface area (TPSA) is 45.6 Å².